The molecule has 2 aliphatic rings. The normalized spacial score (nSPS) is 27.2. The molecule has 22 heavy (non-hydrogen) atoms. The molecule has 0 spiro atoms. The van der Waals surface area contributed by atoms with E-state index in [1.54, 1.807) is 12.5 Å². The van der Waals surface area contributed by atoms with Crippen molar-refractivity contribution in [2.24, 2.45) is 5.92 Å². The fraction of sp³-hybridized carbons (Fsp3) is 0.529. The average molecular weight is 299 g/mol. The Labute approximate surface area is 129 Å². The number of furan rings is 1. The molecule has 2 aliphatic heterocycles. The third-order valence-corrected chi connectivity index (χ3v) is 4.96. The standard InChI is InChI=1S/C17H21N3O2/c1-2-12-10-22-16-7-18-15(6-14(12)16)17(21)19-13-5-11-3-4-20(8-11)9-13/h6-7,10-11,13H,2-5,8-9H2,1H3,(H,19,21). The molecular formula is C17H21N3O2. The molecule has 4 heterocycles. The van der Waals surface area contributed by atoms with Gasteiger partial charge in [-0.25, -0.2) is 4.98 Å². The number of fused-ring (bicyclic) bond motifs is 3. The number of piperidine rings is 1. The van der Waals surface area contributed by atoms with Crippen LogP contribution in [0.25, 0.3) is 11.0 Å². The largest absolute Gasteiger partial charge is 0.462 e. The van der Waals surface area contributed by atoms with E-state index in [0.717, 1.165) is 41.8 Å². The van der Waals surface area contributed by atoms with Gasteiger partial charge in [0.1, 0.15) is 5.69 Å². The van der Waals surface area contributed by atoms with Crippen LogP contribution < -0.4 is 5.32 Å². The number of carbonyl (C=O) groups excluding carboxylic acids is 1. The van der Waals surface area contributed by atoms with Gasteiger partial charge in [0.25, 0.3) is 5.91 Å². The van der Waals surface area contributed by atoms with E-state index in [1.807, 2.05) is 6.07 Å². The summed E-state index contributed by atoms with van der Waals surface area (Å²) in [5.41, 5.74) is 2.35. The summed E-state index contributed by atoms with van der Waals surface area (Å²) in [6.07, 6.45) is 6.65. The molecule has 3 unspecified atom stereocenters. The number of aryl methyl sites for hydroxylation is 1. The molecule has 0 aromatic carbocycles. The molecule has 3 atom stereocenters. The van der Waals surface area contributed by atoms with Crippen LogP contribution in [0.15, 0.2) is 22.9 Å². The molecule has 1 N–H and O–H groups in total. The predicted octanol–water partition coefficient (Wildman–Crippen LogP) is 2.21. The van der Waals surface area contributed by atoms with E-state index in [9.17, 15) is 4.79 Å². The van der Waals surface area contributed by atoms with Crippen LogP contribution >= 0.6 is 0 Å². The van der Waals surface area contributed by atoms with E-state index in [-0.39, 0.29) is 11.9 Å². The zero-order valence-electron chi connectivity index (χ0n) is 12.8. The predicted molar refractivity (Wildman–Crippen MR) is 83.8 cm³/mol. The van der Waals surface area contributed by atoms with Gasteiger partial charge in [-0.2, -0.15) is 0 Å². The van der Waals surface area contributed by atoms with E-state index in [0.29, 0.717) is 5.69 Å². The zero-order chi connectivity index (χ0) is 15.1. The average Bonchev–Trinajstić information content (AvgIpc) is 3.09. The maximum Gasteiger partial charge on any atom is 0.270 e. The molecule has 5 nitrogen and oxygen atoms in total. The topological polar surface area (TPSA) is 58.4 Å². The zero-order valence-corrected chi connectivity index (χ0v) is 12.8. The van der Waals surface area contributed by atoms with Crippen molar-refractivity contribution in [3.63, 3.8) is 0 Å². The number of aromatic nitrogens is 1. The van der Waals surface area contributed by atoms with Crippen LogP contribution in [-0.4, -0.2) is 41.5 Å². The van der Waals surface area contributed by atoms with Crippen molar-refractivity contribution in [3.05, 3.63) is 29.8 Å². The summed E-state index contributed by atoms with van der Waals surface area (Å²) in [6.45, 7) is 5.43. The third-order valence-electron chi connectivity index (χ3n) is 4.96. The Balaban J connectivity index is 1.52. The molecule has 4 rings (SSSR count). The molecule has 5 heteroatoms. The first kappa shape index (κ1) is 13.8. The molecule has 2 aromatic heterocycles. The Morgan fingerprint density at radius 3 is 3.23 bits per heavy atom. The van der Waals surface area contributed by atoms with E-state index in [2.05, 4.69) is 22.1 Å². The van der Waals surface area contributed by atoms with Gasteiger partial charge in [-0.3, -0.25) is 4.79 Å². The summed E-state index contributed by atoms with van der Waals surface area (Å²) >= 11 is 0. The van der Waals surface area contributed by atoms with Crippen LogP contribution in [0.3, 0.4) is 0 Å². The van der Waals surface area contributed by atoms with Gasteiger partial charge in [0.05, 0.1) is 12.5 Å². The second kappa shape index (κ2) is 5.39. The maximum atomic E-state index is 12.5. The van der Waals surface area contributed by atoms with Crippen molar-refractivity contribution in [2.45, 2.75) is 32.2 Å². The number of rotatable bonds is 3. The van der Waals surface area contributed by atoms with E-state index >= 15 is 0 Å². The first-order valence-electron chi connectivity index (χ1n) is 8.12. The van der Waals surface area contributed by atoms with Crippen LogP contribution in [0, 0.1) is 5.92 Å². The Morgan fingerprint density at radius 1 is 1.50 bits per heavy atom. The van der Waals surface area contributed by atoms with Gasteiger partial charge in [-0.1, -0.05) is 6.92 Å². The molecule has 2 aromatic rings. The lowest BCUT2D eigenvalue weighted by atomic mass is 9.97. The summed E-state index contributed by atoms with van der Waals surface area (Å²) in [6, 6.07) is 2.10. The van der Waals surface area contributed by atoms with Gasteiger partial charge in [-0.15, -0.1) is 0 Å². The number of nitrogens with zero attached hydrogens (tertiary/aromatic N) is 2. The molecule has 0 aliphatic carbocycles. The van der Waals surface area contributed by atoms with Crippen molar-refractivity contribution in [1.29, 1.82) is 0 Å². The lowest BCUT2D eigenvalue weighted by Gasteiger charge is -2.30. The number of amides is 1. The summed E-state index contributed by atoms with van der Waals surface area (Å²) in [5.74, 6) is 0.674. The second-order valence-corrected chi connectivity index (χ2v) is 6.50. The maximum absolute atomic E-state index is 12.5. The van der Waals surface area contributed by atoms with Crippen molar-refractivity contribution in [1.82, 2.24) is 15.2 Å². The monoisotopic (exact) mass is 299 g/mol. The molecule has 0 saturated carbocycles. The van der Waals surface area contributed by atoms with E-state index < -0.39 is 0 Å². The highest BCUT2D eigenvalue weighted by atomic mass is 16.3. The molecule has 2 saturated heterocycles. The van der Waals surface area contributed by atoms with E-state index in [4.69, 9.17) is 4.42 Å². The fourth-order valence-electron chi connectivity index (χ4n) is 3.81. The molecule has 2 fully saturated rings. The lowest BCUT2D eigenvalue weighted by Crippen LogP contribution is -2.47. The minimum absolute atomic E-state index is 0.0716. The van der Waals surface area contributed by atoms with Gasteiger partial charge in [0.2, 0.25) is 0 Å². The third kappa shape index (κ3) is 2.39. The summed E-state index contributed by atoms with van der Waals surface area (Å²) in [7, 11) is 0. The number of nitrogens with one attached hydrogen (secondary N) is 1. The van der Waals surface area contributed by atoms with Crippen molar-refractivity contribution < 1.29 is 9.21 Å². The number of hydrogen-bond acceptors (Lipinski definition) is 4. The van der Waals surface area contributed by atoms with Crippen LogP contribution in [0.1, 0.15) is 35.8 Å². The Hall–Kier alpha value is -1.88. The van der Waals surface area contributed by atoms with Crippen LogP contribution in [0.5, 0.6) is 0 Å². The Kier molecular flexibility index (Phi) is 3.37. The Bertz CT molecular complexity index is 697. The molecular weight excluding hydrogens is 278 g/mol. The van der Waals surface area contributed by atoms with Gasteiger partial charge in [-0.05, 0) is 43.4 Å². The number of carbonyl (C=O) groups is 1. The second-order valence-electron chi connectivity index (χ2n) is 6.50. The van der Waals surface area contributed by atoms with Gasteiger partial charge in [0.15, 0.2) is 5.58 Å². The highest BCUT2D eigenvalue weighted by Crippen LogP contribution is 2.27. The van der Waals surface area contributed by atoms with Crippen LogP contribution in [0.2, 0.25) is 0 Å². The smallest absolute Gasteiger partial charge is 0.270 e. The van der Waals surface area contributed by atoms with E-state index in [1.165, 1.54) is 19.5 Å². The van der Waals surface area contributed by atoms with Gasteiger partial charge < -0.3 is 14.6 Å². The highest BCUT2D eigenvalue weighted by molar-refractivity contribution is 5.96. The fourth-order valence-corrected chi connectivity index (χ4v) is 3.81. The van der Waals surface area contributed by atoms with Crippen molar-refractivity contribution in [3.8, 4) is 0 Å². The molecule has 2 bridgehead atoms. The molecule has 116 valence electrons. The highest BCUT2D eigenvalue weighted by Gasteiger charge is 2.33. The minimum Gasteiger partial charge on any atom is -0.462 e. The van der Waals surface area contributed by atoms with Crippen molar-refractivity contribution in [2.75, 3.05) is 19.6 Å². The minimum atomic E-state index is -0.0716. The lowest BCUT2D eigenvalue weighted by molar-refractivity contribution is 0.0904. The van der Waals surface area contributed by atoms with Gasteiger partial charge >= 0.3 is 0 Å². The molecule has 0 radical (unpaired) electrons. The quantitative estimate of drug-likeness (QED) is 0.944. The Morgan fingerprint density at radius 2 is 2.41 bits per heavy atom. The van der Waals surface area contributed by atoms with Crippen LogP contribution in [0.4, 0.5) is 0 Å². The van der Waals surface area contributed by atoms with Crippen LogP contribution in [-0.2, 0) is 6.42 Å². The summed E-state index contributed by atoms with van der Waals surface area (Å²) in [5, 5.41) is 4.15. The van der Waals surface area contributed by atoms with Crippen molar-refractivity contribution >= 4 is 16.9 Å². The SMILES string of the molecule is CCc1coc2cnc(C(=O)NC3CC4CCN(C4)C3)cc12. The molecule has 1 amide bonds. The number of pyridine rings is 1. The number of hydrogen-bond donors (Lipinski definition) is 1. The summed E-state index contributed by atoms with van der Waals surface area (Å²) < 4.78 is 5.46. The first-order valence-corrected chi connectivity index (χ1v) is 8.12. The van der Waals surface area contributed by atoms with Gasteiger partial charge in [0, 0.05) is 24.5 Å². The summed E-state index contributed by atoms with van der Waals surface area (Å²) in [4.78, 5) is 19.2. The first-order chi connectivity index (χ1) is 10.7.